The van der Waals surface area contributed by atoms with Crippen LogP contribution in [-0.4, -0.2) is 22.1 Å². The van der Waals surface area contributed by atoms with Crippen LogP contribution in [0.3, 0.4) is 0 Å². The summed E-state index contributed by atoms with van der Waals surface area (Å²) in [6, 6.07) is 24.8. The minimum absolute atomic E-state index is 0.000485. The van der Waals surface area contributed by atoms with Crippen molar-refractivity contribution in [2.45, 2.75) is 6.54 Å². The summed E-state index contributed by atoms with van der Waals surface area (Å²) in [7, 11) is 0. The fourth-order valence-corrected chi connectivity index (χ4v) is 4.84. The molecule has 0 radical (unpaired) electrons. The predicted octanol–water partition coefficient (Wildman–Crippen LogP) is 6.53. The first-order chi connectivity index (χ1) is 17.1. The summed E-state index contributed by atoms with van der Waals surface area (Å²) in [6.45, 7) is 0.980. The lowest BCUT2D eigenvalue weighted by Crippen LogP contribution is -2.13. The number of nitriles is 1. The van der Waals surface area contributed by atoms with Crippen LogP contribution >= 0.6 is 22.9 Å². The van der Waals surface area contributed by atoms with E-state index in [2.05, 4.69) is 10.3 Å². The number of halogens is 1. The average Bonchev–Trinajstić information content (AvgIpc) is 3.44. The van der Waals surface area contributed by atoms with Crippen molar-refractivity contribution in [2.75, 3.05) is 11.9 Å². The van der Waals surface area contributed by atoms with Crippen molar-refractivity contribution in [3.8, 4) is 11.8 Å². The average molecular weight is 499 g/mol. The molecule has 0 saturated heterocycles. The van der Waals surface area contributed by atoms with Gasteiger partial charge in [-0.2, -0.15) is 5.26 Å². The van der Waals surface area contributed by atoms with Crippen LogP contribution in [0.25, 0.3) is 27.2 Å². The van der Waals surface area contributed by atoms with Crippen molar-refractivity contribution < 1.29 is 9.53 Å². The van der Waals surface area contributed by atoms with Gasteiger partial charge in [0.05, 0.1) is 21.8 Å². The minimum atomic E-state index is -0.495. The molecule has 0 saturated carbocycles. The Morgan fingerprint density at radius 1 is 1.11 bits per heavy atom. The van der Waals surface area contributed by atoms with E-state index in [0.29, 0.717) is 29.1 Å². The van der Waals surface area contributed by atoms with Gasteiger partial charge in [-0.25, -0.2) is 4.98 Å². The number of nitrogens with zero attached hydrogens (tertiary/aromatic N) is 3. The molecule has 8 heteroatoms. The molecule has 1 amide bonds. The second-order valence-corrected chi connectivity index (χ2v) is 9.12. The van der Waals surface area contributed by atoms with Gasteiger partial charge in [0.25, 0.3) is 5.91 Å². The van der Waals surface area contributed by atoms with Crippen LogP contribution in [0.1, 0.15) is 5.56 Å². The Kier molecular flexibility index (Phi) is 6.49. The highest BCUT2D eigenvalue weighted by Crippen LogP contribution is 2.27. The molecule has 0 unspecified atom stereocenters. The number of anilines is 1. The number of fused-ring (bicyclic) bond motifs is 2. The molecular formula is C27H19ClN4O2S. The first-order valence-electron chi connectivity index (χ1n) is 10.9. The zero-order valence-corrected chi connectivity index (χ0v) is 20.0. The van der Waals surface area contributed by atoms with Crippen LogP contribution in [0.5, 0.6) is 5.75 Å². The standard InChI is InChI=1S/C27H19ClN4O2S/c28-21-8-2-5-11-24(21)34-14-13-32-17-19(20-7-1-4-10-23(20)32)15-18(16-29)26(33)31-27-30-22-9-3-6-12-25(22)35-27/h1-12,15,17H,13-14H2,(H,30,31,33)/b18-15+. The number of carbonyl (C=O) groups excluding carboxylic acids is 1. The molecule has 0 fully saturated rings. The molecule has 5 rings (SSSR count). The molecule has 6 nitrogen and oxygen atoms in total. The number of amides is 1. The van der Waals surface area contributed by atoms with Crippen LogP contribution in [0.4, 0.5) is 5.13 Å². The normalized spacial score (nSPS) is 11.5. The van der Waals surface area contributed by atoms with E-state index in [1.165, 1.54) is 11.3 Å². The van der Waals surface area contributed by atoms with Crippen molar-refractivity contribution in [2.24, 2.45) is 0 Å². The maximum Gasteiger partial charge on any atom is 0.268 e. The number of benzene rings is 3. The fourth-order valence-electron chi connectivity index (χ4n) is 3.79. The van der Waals surface area contributed by atoms with Gasteiger partial charge < -0.3 is 9.30 Å². The highest BCUT2D eigenvalue weighted by atomic mass is 35.5. The maximum absolute atomic E-state index is 12.9. The molecule has 2 aromatic heterocycles. The fraction of sp³-hybridized carbons (Fsp3) is 0.0741. The zero-order valence-electron chi connectivity index (χ0n) is 18.4. The predicted molar refractivity (Wildman–Crippen MR) is 141 cm³/mol. The monoisotopic (exact) mass is 498 g/mol. The second-order valence-electron chi connectivity index (χ2n) is 7.68. The van der Waals surface area contributed by atoms with Gasteiger partial charge >= 0.3 is 0 Å². The van der Waals surface area contributed by atoms with Crippen molar-refractivity contribution >= 4 is 61.2 Å². The van der Waals surface area contributed by atoms with E-state index in [9.17, 15) is 10.1 Å². The van der Waals surface area contributed by atoms with E-state index < -0.39 is 5.91 Å². The molecule has 172 valence electrons. The molecular weight excluding hydrogens is 480 g/mol. The quantitative estimate of drug-likeness (QED) is 0.204. The van der Waals surface area contributed by atoms with Gasteiger partial charge in [-0.05, 0) is 36.4 Å². The van der Waals surface area contributed by atoms with E-state index >= 15 is 0 Å². The molecule has 3 aromatic carbocycles. The third kappa shape index (κ3) is 4.90. The molecule has 1 N–H and O–H groups in total. The summed E-state index contributed by atoms with van der Waals surface area (Å²) in [6.07, 6.45) is 3.53. The lowest BCUT2D eigenvalue weighted by Gasteiger charge is -2.09. The summed E-state index contributed by atoms with van der Waals surface area (Å²) in [5.41, 5.74) is 2.55. The van der Waals surface area contributed by atoms with E-state index in [0.717, 1.165) is 26.7 Å². The second kappa shape index (κ2) is 10.0. The number of rotatable bonds is 7. The van der Waals surface area contributed by atoms with E-state index in [4.69, 9.17) is 16.3 Å². The summed E-state index contributed by atoms with van der Waals surface area (Å²) in [5, 5.41) is 14.4. The number of ether oxygens (including phenoxy) is 1. The number of para-hydroxylation sites is 3. The highest BCUT2D eigenvalue weighted by Gasteiger charge is 2.15. The highest BCUT2D eigenvalue weighted by molar-refractivity contribution is 7.22. The molecule has 0 aliphatic carbocycles. The molecule has 0 aliphatic rings. The van der Waals surface area contributed by atoms with Gasteiger partial charge in [0.2, 0.25) is 0 Å². The smallest absolute Gasteiger partial charge is 0.268 e. The Hall–Kier alpha value is -4.12. The van der Waals surface area contributed by atoms with Crippen LogP contribution in [-0.2, 0) is 11.3 Å². The zero-order chi connectivity index (χ0) is 24.2. The molecule has 0 spiro atoms. The molecule has 2 heterocycles. The van der Waals surface area contributed by atoms with Crippen LogP contribution in [0, 0.1) is 11.3 Å². The molecule has 5 aromatic rings. The summed E-state index contributed by atoms with van der Waals surface area (Å²) >= 11 is 7.54. The number of hydrogen-bond donors (Lipinski definition) is 1. The Morgan fingerprint density at radius 3 is 2.71 bits per heavy atom. The van der Waals surface area contributed by atoms with E-state index in [-0.39, 0.29) is 5.57 Å². The summed E-state index contributed by atoms with van der Waals surface area (Å²) < 4.78 is 8.85. The van der Waals surface area contributed by atoms with Crippen molar-refractivity contribution in [3.63, 3.8) is 0 Å². The Labute approximate surface area is 210 Å². The van der Waals surface area contributed by atoms with Crippen molar-refractivity contribution in [1.29, 1.82) is 5.26 Å². The number of thiazole rings is 1. The summed E-state index contributed by atoms with van der Waals surface area (Å²) in [4.78, 5) is 17.3. The minimum Gasteiger partial charge on any atom is -0.490 e. The van der Waals surface area contributed by atoms with Crippen molar-refractivity contribution in [3.05, 3.63) is 95.2 Å². The molecule has 0 aliphatic heterocycles. The van der Waals surface area contributed by atoms with Gasteiger partial charge in [-0.3, -0.25) is 10.1 Å². The third-order valence-electron chi connectivity index (χ3n) is 5.43. The topological polar surface area (TPSA) is 79.9 Å². The maximum atomic E-state index is 12.9. The molecule has 0 atom stereocenters. The Morgan fingerprint density at radius 2 is 1.89 bits per heavy atom. The van der Waals surface area contributed by atoms with E-state index in [1.807, 2.05) is 83.6 Å². The first kappa shape index (κ1) is 22.7. The van der Waals surface area contributed by atoms with Gasteiger partial charge in [0, 0.05) is 22.7 Å². The van der Waals surface area contributed by atoms with Gasteiger partial charge in [-0.15, -0.1) is 0 Å². The van der Waals surface area contributed by atoms with Gasteiger partial charge in [0.1, 0.15) is 24.0 Å². The van der Waals surface area contributed by atoms with Crippen LogP contribution < -0.4 is 10.1 Å². The van der Waals surface area contributed by atoms with Gasteiger partial charge in [0.15, 0.2) is 5.13 Å². The SMILES string of the molecule is N#C/C(=C\c1cn(CCOc2ccccc2Cl)c2ccccc12)C(=O)Nc1nc2ccccc2s1. The van der Waals surface area contributed by atoms with Crippen LogP contribution in [0.15, 0.2) is 84.6 Å². The number of nitrogens with one attached hydrogen (secondary N) is 1. The lowest BCUT2D eigenvalue weighted by molar-refractivity contribution is -0.112. The molecule has 35 heavy (non-hydrogen) atoms. The first-order valence-corrected chi connectivity index (χ1v) is 12.1. The number of carbonyl (C=O) groups is 1. The van der Waals surface area contributed by atoms with Crippen molar-refractivity contribution in [1.82, 2.24) is 9.55 Å². The van der Waals surface area contributed by atoms with Gasteiger partial charge in [-0.1, -0.05) is 65.4 Å². The summed E-state index contributed by atoms with van der Waals surface area (Å²) in [5.74, 6) is 0.134. The van der Waals surface area contributed by atoms with Crippen LogP contribution in [0.2, 0.25) is 5.02 Å². The number of hydrogen-bond acceptors (Lipinski definition) is 5. The van der Waals surface area contributed by atoms with E-state index in [1.54, 1.807) is 12.1 Å². The Balaban J connectivity index is 1.37. The third-order valence-corrected chi connectivity index (χ3v) is 6.69. The lowest BCUT2D eigenvalue weighted by atomic mass is 10.1. The molecule has 0 bridgehead atoms. The largest absolute Gasteiger partial charge is 0.490 e. The Bertz CT molecular complexity index is 1580. The number of aromatic nitrogens is 2.